The van der Waals surface area contributed by atoms with E-state index in [0.717, 1.165) is 13.0 Å². The Morgan fingerprint density at radius 3 is 2.03 bits per heavy atom. The summed E-state index contributed by atoms with van der Waals surface area (Å²) < 4.78 is 37.9. The van der Waals surface area contributed by atoms with Gasteiger partial charge in [0.25, 0.3) is 0 Å². The number of hydrogen-bond donors (Lipinski definition) is 2. The first-order valence-electron chi connectivity index (χ1n) is 9.45. The summed E-state index contributed by atoms with van der Waals surface area (Å²) in [6.07, 6.45) is 2.53. The molecule has 0 aliphatic carbocycles. The average molecular weight is 452 g/mol. The molecular formula is C22H26FNO6S. The molecule has 0 saturated carbocycles. The number of carboxylic acids is 2. The number of hydrogen-bond acceptors (Lipinski definition) is 5. The van der Waals surface area contributed by atoms with Crippen molar-refractivity contribution in [3.05, 3.63) is 78.1 Å². The Balaban J connectivity index is 0.000000512. The largest absolute Gasteiger partial charge is 0.478 e. The van der Waals surface area contributed by atoms with E-state index in [4.69, 9.17) is 10.2 Å². The molecule has 168 valence electrons. The SMILES string of the molecule is CN(CCCS(=O)(=O)c1ccccc1F)CCc1ccccc1.O=C(O)C=CC(=O)O. The van der Waals surface area contributed by atoms with E-state index in [2.05, 4.69) is 17.0 Å². The number of carboxylic acid groups (broad SMARTS) is 2. The molecule has 0 amide bonds. The van der Waals surface area contributed by atoms with Crippen molar-refractivity contribution in [2.45, 2.75) is 17.7 Å². The lowest BCUT2D eigenvalue weighted by Crippen LogP contribution is -2.24. The molecule has 0 spiro atoms. The molecule has 0 fully saturated rings. The highest BCUT2D eigenvalue weighted by molar-refractivity contribution is 7.91. The highest BCUT2D eigenvalue weighted by Crippen LogP contribution is 2.16. The number of halogens is 1. The number of benzene rings is 2. The van der Waals surface area contributed by atoms with Crippen LogP contribution in [0.5, 0.6) is 0 Å². The third-order valence-electron chi connectivity index (χ3n) is 4.12. The predicted molar refractivity (Wildman–Crippen MR) is 115 cm³/mol. The third-order valence-corrected chi connectivity index (χ3v) is 5.95. The smallest absolute Gasteiger partial charge is 0.328 e. The molecule has 2 N–H and O–H groups in total. The Hall–Kier alpha value is -3.04. The maximum absolute atomic E-state index is 13.6. The number of likely N-dealkylation sites (N-methyl/N-ethyl adjacent to an activating group) is 1. The molecule has 9 heteroatoms. The molecule has 0 unspecified atom stereocenters. The summed E-state index contributed by atoms with van der Waals surface area (Å²) in [4.78, 5) is 21.0. The Morgan fingerprint density at radius 2 is 1.48 bits per heavy atom. The van der Waals surface area contributed by atoms with Crippen LogP contribution < -0.4 is 0 Å². The van der Waals surface area contributed by atoms with Crippen molar-refractivity contribution < 1.29 is 32.6 Å². The van der Waals surface area contributed by atoms with E-state index in [9.17, 15) is 22.4 Å². The summed E-state index contributed by atoms with van der Waals surface area (Å²) in [6, 6.07) is 15.7. The highest BCUT2D eigenvalue weighted by Gasteiger charge is 2.18. The van der Waals surface area contributed by atoms with Gasteiger partial charge >= 0.3 is 11.9 Å². The van der Waals surface area contributed by atoms with Gasteiger partial charge < -0.3 is 15.1 Å². The van der Waals surface area contributed by atoms with Crippen LogP contribution >= 0.6 is 0 Å². The normalized spacial score (nSPS) is 11.2. The monoisotopic (exact) mass is 451 g/mol. The molecule has 0 aromatic heterocycles. The maximum atomic E-state index is 13.6. The summed E-state index contributed by atoms with van der Waals surface area (Å²) in [5, 5.41) is 15.6. The van der Waals surface area contributed by atoms with Gasteiger partial charge in [-0.15, -0.1) is 0 Å². The van der Waals surface area contributed by atoms with Crippen LogP contribution in [0.15, 0.2) is 71.6 Å². The van der Waals surface area contributed by atoms with Gasteiger partial charge in [-0.3, -0.25) is 0 Å². The van der Waals surface area contributed by atoms with Gasteiger partial charge in [-0.25, -0.2) is 22.4 Å². The van der Waals surface area contributed by atoms with Gasteiger partial charge in [0.05, 0.1) is 5.75 Å². The molecule has 0 atom stereocenters. The van der Waals surface area contributed by atoms with Crippen molar-refractivity contribution in [2.75, 3.05) is 25.9 Å². The molecule has 0 heterocycles. The van der Waals surface area contributed by atoms with Gasteiger partial charge in [0.15, 0.2) is 9.84 Å². The van der Waals surface area contributed by atoms with Gasteiger partial charge in [-0.2, -0.15) is 0 Å². The predicted octanol–water partition coefficient (Wildman–Crippen LogP) is 2.88. The summed E-state index contributed by atoms with van der Waals surface area (Å²) in [6.45, 7) is 1.53. The first-order valence-corrected chi connectivity index (χ1v) is 11.1. The second-order valence-electron chi connectivity index (χ2n) is 6.65. The van der Waals surface area contributed by atoms with Crippen molar-refractivity contribution in [1.29, 1.82) is 0 Å². The van der Waals surface area contributed by atoms with E-state index in [-0.39, 0.29) is 10.6 Å². The number of aliphatic carboxylic acids is 2. The summed E-state index contributed by atoms with van der Waals surface area (Å²) >= 11 is 0. The highest BCUT2D eigenvalue weighted by atomic mass is 32.2. The van der Waals surface area contributed by atoms with Crippen LogP contribution in [-0.4, -0.2) is 61.4 Å². The molecule has 7 nitrogen and oxygen atoms in total. The molecule has 0 saturated heterocycles. The van der Waals surface area contributed by atoms with Gasteiger partial charge in [0.2, 0.25) is 0 Å². The lowest BCUT2D eigenvalue weighted by atomic mass is 10.1. The second-order valence-corrected chi connectivity index (χ2v) is 8.73. The second kappa shape index (κ2) is 13.3. The molecule has 2 aromatic carbocycles. The van der Waals surface area contributed by atoms with Gasteiger partial charge in [-0.05, 0) is 44.1 Å². The van der Waals surface area contributed by atoms with E-state index in [1.54, 1.807) is 6.07 Å². The summed E-state index contributed by atoms with van der Waals surface area (Å²) in [5.74, 6) is -3.23. The van der Waals surface area contributed by atoms with E-state index in [0.29, 0.717) is 25.1 Å². The zero-order chi connectivity index (χ0) is 23.3. The third kappa shape index (κ3) is 11.1. The number of carbonyl (C=O) groups is 2. The minimum Gasteiger partial charge on any atom is -0.478 e. The molecule has 0 radical (unpaired) electrons. The van der Waals surface area contributed by atoms with Crippen LogP contribution in [0.3, 0.4) is 0 Å². The minimum atomic E-state index is -3.56. The van der Waals surface area contributed by atoms with Crippen molar-refractivity contribution in [1.82, 2.24) is 4.90 Å². The van der Waals surface area contributed by atoms with E-state index < -0.39 is 27.6 Å². The lowest BCUT2D eigenvalue weighted by Gasteiger charge is -2.16. The fourth-order valence-electron chi connectivity index (χ4n) is 2.55. The van der Waals surface area contributed by atoms with E-state index >= 15 is 0 Å². The van der Waals surface area contributed by atoms with Gasteiger partial charge in [0.1, 0.15) is 10.7 Å². The molecule has 2 rings (SSSR count). The number of sulfone groups is 1. The van der Waals surface area contributed by atoms with Crippen molar-refractivity contribution in [3.8, 4) is 0 Å². The Kier molecular flexibility index (Phi) is 11.2. The lowest BCUT2D eigenvalue weighted by molar-refractivity contribution is -0.134. The first kappa shape index (κ1) is 26.0. The zero-order valence-corrected chi connectivity index (χ0v) is 18.0. The quantitative estimate of drug-likeness (QED) is 0.534. The van der Waals surface area contributed by atoms with Crippen LogP contribution in [0.2, 0.25) is 0 Å². The van der Waals surface area contributed by atoms with Crippen molar-refractivity contribution in [3.63, 3.8) is 0 Å². The molecule has 0 aliphatic heterocycles. The molecule has 2 aromatic rings. The minimum absolute atomic E-state index is 0.0381. The van der Waals surface area contributed by atoms with Crippen molar-refractivity contribution in [2.24, 2.45) is 0 Å². The van der Waals surface area contributed by atoms with Crippen molar-refractivity contribution >= 4 is 21.8 Å². The molecule has 0 bridgehead atoms. The van der Waals surface area contributed by atoms with Crippen LogP contribution in [0, 0.1) is 5.82 Å². The number of nitrogens with zero attached hydrogens (tertiary/aromatic N) is 1. The topological polar surface area (TPSA) is 112 Å². The molecular weight excluding hydrogens is 425 g/mol. The number of rotatable bonds is 10. The standard InChI is InChI=1S/C18H22FNO2S.C4H4O4/c1-20(14-12-16-8-3-2-4-9-16)13-7-15-23(21,22)18-11-6-5-10-17(18)19;5-3(6)1-2-4(7)8/h2-6,8-11H,7,12-15H2,1H3;1-2H,(H,5,6)(H,7,8). The zero-order valence-electron chi connectivity index (χ0n) is 17.1. The first-order chi connectivity index (χ1) is 14.6. The van der Waals surface area contributed by atoms with E-state index in [1.165, 1.54) is 23.8 Å². The maximum Gasteiger partial charge on any atom is 0.328 e. The Morgan fingerprint density at radius 1 is 0.935 bits per heavy atom. The van der Waals surface area contributed by atoms with Gasteiger partial charge in [0, 0.05) is 18.7 Å². The van der Waals surface area contributed by atoms with Crippen LogP contribution in [-0.2, 0) is 25.8 Å². The van der Waals surface area contributed by atoms with E-state index in [1.807, 2.05) is 25.2 Å². The molecule has 31 heavy (non-hydrogen) atoms. The molecule has 0 aliphatic rings. The average Bonchev–Trinajstić information content (AvgIpc) is 2.72. The fraction of sp³-hybridized carbons (Fsp3) is 0.273. The van der Waals surface area contributed by atoms with Crippen LogP contribution in [0.25, 0.3) is 0 Å². The van der Waals surface area contributed by atoms with Crippen LogP contribution in [0.4, 0.5) is 4.39 Å². The summed E-state index contributed by atoms with van der Waals surface area (Å²) in [5.41, 5.74) is 1.26. The summed E-state index contributed by atoms with van der Waals surface area (Å²) in [7, 11) is -1.58. The Labute approximate surface area is 181 Å². The Bertz CT molecular complexity index is 961. The fourth-order valence-corrected chi connectivity index (χ4v) is 3.93. The van der Waals surface area contributed by atoms with Gasteiger partial charge in [-0.1, -0.05) is 42.5 Å². The van der Waals surface area contributed by atoms with Crippen LogP contribution in [0.1, 0.15) is 12.0 Å².